The fourth-order valence-electron chi connectivity index (χ4n) is 3.51. The molecule has 0 radical (unpaired) electrons. The highest BCUT2D eigenvalue weighted by Crippen LogP contribution is 2.16. The number of benzene rings is 3. The largest absolute Gasteiger partial charge is 0.311 e. The first kappa shape index (κ1) is 25.6. The minimum absolute atomic E-state index is 0.667. The number of aryl methyl sites for hydroxylation is 2. The van der Waals surface area contributed by atoms with Gasteiger partial charge < -0.3 is 5.32 Å². The van der Waals surface area contributed by atoms with Crippen molar-refractivity contribution in [1.29, 1.82) is 10.5 Å². The molecule has 0 aliphatic heterocycles. The SMILES string of the molecule is C=C.Cc1ccc(CNCCN(Cc2ccc(C#N)cc2)Cc2ccc(C)cc2C#N)cc1. The van der Waals surface area contributed by atoms with Gasteiger partial charge in [-0.15, -0.1) is 13.2 Å². The number of nitrogens with zero attached hydrogens (tertiary/aromatic N) is 3. The van der Waals surface area contributed by atoms with Crippen molar-refractivity contribution in [1.82, 2.24) is 10.2 Å². The molecule has 0 saturated heterocycles. The first-order chi connectivity index (χ1) is 16.1. The van der Waals surface area contributed by atoms with Crippen molar-refractivity contribution in [3.05, 3.63) is 119 Å². The van der Waals surface area contributed by atoms with Gasteiger partial charge in [0.15, 0.2) is 0 Å². The molecule has 4 heteroatoms. The number of nitrogens with one attached hydrogen (secondary N) is 1. The summed E-state index contributed by atoms with van der Waals surface area (Å²) in [5, 5.41) is 22.1. The van der Waals surface area contributed by atoms with Crippen molar-refractivity contribution in [2.75, 3.05) is 13.1 Å². The summed E-state index contributed by atoms with van der Waals surface area (Å²) in [6, 6.07) is 26.9. The predicted molar refractivity (Wildman–Crippen MR) is 135 cm³/mol. The van der Waals surface area contributed by atoms with Gasteiger partial charge in [-0.05, 0) is 54.3 Å². The van der Waals surface area contributed by atoms with Crippen molar-refractivity contribution in [2.45, 2.75) is 33.5 Å². The standard InChI is InChI=1S/C27H28N4.C2H4/c1-21-3-6-24(7-4-21)18-30-13-14-31(19-25-10-8-23(16-28)9-11-25)20-26-12-5-22(2)15-27(26)17-29;1-2/h3-12,15,30H,13-14,18-20H2,1-2H3;1-2H2. The quantitative estimate of drug-likeness (QED) is 0.348. The van der Waals surface area contributed by atoms with Crippen LogP contribution in [-0.2, 0) is 19.6 Å². The zero-order valence-electron chi connectivity index (χ0n) is 19.6. The van der Waals surface area contributed by atoms with E-state index in [-0.39, 0.29) is 0 Å². The van der Waals surface area contributed by atoms with Gasteiger partial charge in [-0.1, -0.05) is 54.1 Å². The third kappa shape index (κ3) is 8.39. The van der Waals surface area contributed by atoms with Gasteiger partial charge in [0.05, 0.1) is 23.3 Å². The number of nitriles is 2. The van der Waals surface area contributed by atoms with E-state index in [0.29, 0.717) is 12.1 Å². The third-order valence-electron chi connectivity index (χ3n) is 5.32. The second-order valence-corrected chi connectivity index (χ2v) is 7.95. The van der Waals surface area contributed by atoms with Crippen LogP contribution in [0.5, 0.6) is 0 Å². The van der Waals surface area contributed by atoms with Crippen LogP contribution in [0.2, 0.25) is 0 Å². The molecule has 0 atom stereocenters. The molecule has 4 nitrogen and oxygen atoms in total. The summed E-state index contributed by atoms with van der Waals surface area (Å²) < 4.78 is 0. The predicted octanol–water partition coefficient (Wildman–Crippen LogP) is 5.64. The topological polar surface area (TPSA) is 62.9 Å². The lowest BCUT2D eigenvalue weighted by Gasteiger charge is -2.23. The van der Waals surface area contributed by atoms with Crippen molar-refractivity contribution in [2.24, 2.45) is 0 Å². The molecule has 0 fully saturated rings. The van der Waals surface area contributed by atoms with Crippen LogP contribution in [0, 0.1) is 36.5 Å². The van der Waals surface area contributed by atoms with Crippen LogP contribution >= 0.6 is 0 Å². The molecule has 33 heavy (non-hydrogen) atoms. The summed E-state index contributed by atoms with van der Waals surface area (Å²) in [5.74, 6) is 0. The van der Waals surface area contributed by atoms with Crippen molar-refractivity contribution < 1.29 is 0 Å². The molecule has 0 spiro atoms. The Morgan fingerprint density at radius 2 is 1.42 bits per heavy atom. The second kappa shape index (κ2) is 13.7. The van der Waals surface area contributed by atoms with Gasteiger partial charge in [0.25, 0.3) is 0 Å². The summed E-state index contributed by atoms with van der Waals surface area (Å²) >= 11 is 0. The van der Waals surface area contributed by atoms with E-state index < -0.39 is 0 Å². The van der Waals surface area contributed by atoms with Crippen LogP contribution < -0.4 is 5.32 Å². The molecule has 168 valence electrons. The molecule has 3 aromatic rings. The van der Waals surface area contributed by atoms with E-state index in [1.54, 1.807) is 0 Å². The van der Waals surface area contributed by atoms with Crippen LogP contribution in [0.1, 0.15) is 38.9 Å². The number of hydrogen-bond donors (Lipinski definition) is 1. The van der Waals surface area contributed by atoms with Gasteiger partial charge in [-0.2, -0.15) is 10.5 Å². The lowest BCUT2D eigenvalue weighted by atomic mass is 10.0. The van der Waals surface area contributed by atoms with Crippen molar-refractivity contribution >= 4 is 0 Å². The average Bonchev–Trinajstić information content (AvgIpc) is 2.85. The van der Waals surface area contributed by atoms with E-state index in [9.17, 15) is 5.26 Å². The molecule has 0 unspecified atom stereocenters. The zero-order chi connectivity index (χ0) is 24.1. The lowest BCUT2D eigenvalue weighted by Crippen LogP contribution is -2.31. The molecule has 0 amide bonds. The second-order valence-electron chi connectivity index (χ2n) is 7.95. The summed E-state index contributed by atoms with van der Waals surface area (Å²) in [5.41, 5.74) is 7.23. The first-order valence-corrected chi connectivity index (χ1v) is 11.0. The maximum absolute atomic E-state index is 9.55. The van der Waals surface area contributed by atoms with E-state index in [2.05, 4.69) is 78.8 Å². The number of hydrogen-bond acceptors (Lipinski definition) is 4. The van der Waals surface area contributed by atoms with Crippen LogP contribution in [0.25, 0.3) is 0 Å². The Morgan fingerprint density at radius 3 is 2.06 bits per heavy atom. The highest BCUT2D eigenvalue weighted by atomic mass is 15.1. The average molecular weight is 437 g/mol. The smallest absolute Gasteiger partial charge is 0.0995 e. The Labute approximate surface area is 198 Å². The fourth-order valence-corrected chi connectivity index (χ4v) is 3.51. The van der Waals surface area contributed by atoms with E-state index in [4.69, 9.17) is 5.26 Å². The van der Waals surface area contributed by atoms with Crippen LogP contribution in [0.4, 0.5) is 0 Å². The summed E-state index contributed by atoms with van der Waals surface area (Å²) in [6.07, 6.45) is 0. The third-order valence-corrected chi connectivity index (χ3v) is 5.32. The first-order valence-electron chi connectivity index (χ1n) is 11.0. The van der Waals surface area contributed by atoms with Gasteiger partial charge in [0, 0.05) is 32.7 Å². The molecule has 0 bridgehead atoms. The lowest BCUT2D eigenvalue weighted by molar-refractivity contribution is 0.256. The zero-order valence-corrected chi connectivity index (χ0v) is 19.6. The van der Waals surface area contributed by atoms with E-state index in [1.807, 2.05) is 37.3 Å². The fraction of sp³-hybridized carbons (Fsp3) is 0.241. The van der Waals surface area contributed by atoms with Gasteiger partial charge in [0.2, 0.25) is 0 Å². The molecule has 0 aliphatic carbocycles. The Balaban J connectivity index is 0.00000187. The minimum Gasteiger partial charge on any atom is -0.311 e. The normalized spacial score (nSPS) is 10.1. The molecule has 0 heterocycles. The summed E-state index contributed by atoms with van der Waals surface area (Å²) in [6.45, 7) is 14.1. The number of rotatable bonds is 9. The molecule has 3 aromatic carbocycles. The molecular formula is C29H32N4. The Hall–Kier alpha value is -3.70. The van der Waals surface area contributed by atoms with Crippen LogP contribution in [-0.4, -0.2) is 18.0 Å². The molecule has 0 aromatic heterocycles. The van der Waals surface area contributed by atoms with Crippen LogP contribution in [0.3, 0.4) is 0 Å². The van der Waals surface area contributed by atoms with E-state index >= 15 is 0 Å². The van der Waals surface area contributed by atoms with Crippen molar-refractivity contribution in [3.63, 3.8) is 0 Å². The van der Waals surface area contributed by atoms with E-state index in [1.165, 1.54) is 11.1 Å². The highest BCUT2D eigenvalue weighted by molar-refractivity contribution is 5.40. The Bertz CT molecular complexity index is 1090. The maximum Gasteiger partial charge on any atom is 0.0995 e. The van der Waals surface area contributed by atoms with Gasteiger partial charge in [0.1, 0.15) is 0 Å². The molecular weight excluding hydrogens is 404 g/mol. The minimum atomic E-state index is 0.667. The molecule has 0 saturated carbocycles. The van der Waals surface area contributed by atoms with Gasteiger partial charge in [-0.3, -0.25) is 4.90 Å². The summed E-state index contributed by atoms with van der Waals surface area (Å²) in [4.78, 5) is 2.34. The molecule has 1 N–H and O–H groups in total. The highest BCUT2D eigenvalue weighted by Gasteiger charge is 2.11. The summed E-state index contributed by atoms with van der Waals surface area (Å²) in [7, 11) is 0. The Kier molecular flexibility index (Phi) is 10.6. The maximum atomic E-state index is 9.55. The molecule has 0 aliphatic rings. The van der Waals surface area contributed by atoms with Gasteiger partial charge >= 0.3 is 0 Å². The van der Waals surface area contributed by atoms with Gasteiger partial charge in [-0.25, -0.2) is 0 Å². The van der Waals surface area contributed by atoms with Crippen LogP contribution in [0.15, 0.2) is 79.9 Å². The Morgan fingerprint density at radius 1 is 0.788 bits per heavy atom. The molecule has 3 rings (SSSR count). The van der Waals surface area contributed by atoms with E-state index in [0.717, 1.165) is 48.4 Å². The monoisotopic (exact) mass is 436 g/mol. The van der Waals surface area contributed by atoms with Crippen molar-refractivity contribution in [3.8, 4) is 12.1 Å².